The summed E-state index contributed by atoms with van der Waals surface area (Å²) in [6.07, 6.45) is 1.70. The summed E-state index contributed by atoms with van der Waals surface area (Å²) in [5.74, 6) is 1.64. The van der Waals surface area contributed by atoms with E-state index in [1.165, 1.54) is 0 Å². The Morgan fingerprint density at radius 2 is 2.04 bits per heavy atom. The van der Waals surface area contributed by atoms with Crippen LogP contribution in [0.4, 0.5) is 0 Å². The first kappa shape index (κ1) is 16.4. The lowest BCUT2D eigenvalue weighted by Gasteiger charge is -2.43. The van der Waals surface area contributed by atoms with Crippen molar-refractivity contribution in [3.8, 4) is 0 Å². The lowest BCUT2D eigenvalue weighted by molar-refractivity contribution is 0.0281. The Morgan fingerprint density at radius 3 is 2.72 bits per heavy atom. The topological polar surface area (TPSA) is 86.6 Å². The van der Waals surface area contributed by atoms with Gasteiger partial charge in [0.15, 0.2) is 9.84 Å². The van der Waals surface area contributed by atoms with Crippen LogP contribution in [0.5, 0.6) is 0 Å². The van der Waals surface area contributed by atoms with Gasteiger partial charge in [0.05, 0.1) is 24.1 Å². The van der Waals surface area contributed by atoms with E-state index < -0.39 is 9.84 Å². The maximum absolute atomic E-state index is 12.7. The Hall–Kier alpha value is -2.06. The summed E-state index contributed by atoms with van der Waals surface area (Å²) >= 11 is 0. The molecule has 1 amide bonds. The molecule has 2 aromatic rings. The SMILES string of the molecule is Cc1ccc(CN2CCN(C(=O)c3ccc[nH]3)[C@@H]3CS(=O)(=O)C[C@@H]32)o1. The number of aromatic amines is 1. The van der Waals surface area contributed by atoms with Gasteiger partial charge in [0.2, 0.25) is 0 Å². The Labute approximate surface area is 146 Å². The average Bonchev–Trinajstić information content (AvgIpc) is 3.26. The molecular formula is C17H21N3O4S. The second-order valence-electron chi connectivity index (χ2n) is 6.78. The number of sulfone groups is 1. The fourth-order valence-electron chi connectivity index (χ4n) is 3.86. The van der Waals surface area contributed by atoms with Crippen LogP contribution in [0.25, 0.3) is 0 Å². The molecule has 2 fully saturated rings. The maximum Gasteiger partial charge on any atom is 0.270 e. The predicted molar refractivity (Wildman–Crippen MR) is 91.9 cm³/mol. The minimum absolute atomic E-state index is 0.0256. The smallest absolute Gasteiger partial charge is 0.270 e. The minimum atomic E-state index is -3.16. The lowest BCUT2D eigenvalue weighted by Crippen LogP contribution is -2.60. The second-order valence-corrected chi connectivity index (χ2v) is 8.93. The first-order chi connectivity index (χ1) is 11.9. The molecule has 2 aliphatic heterocycles. The van der Waals surface area contributed by atoms with Crippen LogP contribution in [0.3, 0.4) is 0 Å². The molecule has 134 valence electrons. The van der Waals surface area contributed by atoms with E-state index in [4.69, 9.17) is 4.42 Å². The van der Waals surface area contributed by atoms with Crippen LogP contribution in [0.2, 0.25) is 0 Å². The number of H-pyrrole nitrogens is 1. The maximum atomic E-state index is 12.7. The van der Waals surface area contributed by atoms with Crippen LogP contribution in [0.15, 0.2) is 34.9 Å². The van der Waals surface area contributed by atoms with Crippen molar-refractivity contribution in [1.82, 2.24) is 14.8 Å². The molecule has 0 radical (unpaired) electrons. The molecule has 0 spiro atoms. The molecule has 2 saturated heterocycles. The number of carbonyl (C=O) groups excluding carboxylic acids is 1. The zero-order valence-corrected chi connectivity index (χ0v) is 14.8. The number of fused-ring (bicyclic) bond motifs is 1. The van der Waals surface area contributed by atoms with E-state index in [9.17, 15) is 13.2 Å². The van der Waals surface area contributed by atoms with Crippen molar-refractivity contribution in [2.24, 2.45) is 0 Å². The molecule has 2 atom stereocenters. The monoisotopic (exact) mass is 363 g/mol. The highest BCUT2D eigenvalue weighted by Crippen LogP contribution is 2.29. The molecule has 25 heavy (non-hydrogen) atoms. The Balaban J connectivity index is 1.58. The van der Waals surface area contributed by atoms with Gasteiger partial charge in [0.1, 0.15) is 17.2 Å². The second kappa shape index (κ2) is 6.03. The number of nitrogens with one attached hydrogen (secondary N) is 1. The number of nitrogens with zero attached hydrogens (tertiary/aromatic N) is 2. The van der Waals surface area contributed by atoms with Crippen LogP contribution < -0.4 is 0 Å². The standard InChI is InChI=1S/C17H21N3O4S/c1-12-4-5-13(24-12)9-19-7-8-20(17(21)14-3-2-6-18-14)16-11-25(22,23)10-15(16)19/h2-6,15-16,18H,7-11H2,1H3/t15-,16+/m0/s1. The highest BCUT2D eigenvalue weighted by molar-refractivity contribution is 7.91. The van der Waals surface area contributed by atoms with Crippen molar-refractivity contribution in [1.29, 1.82) is 0 Å². The number of furan rings is 1. The zero-order chi connectivity index (χ0) is 17.6. The van der Waals surface area contributed by atoms with E-state index >= 15 is 0 Å². The number of piperazine rings is 1. The summed E-state index contributed by atoms with van der Waals surface area (Å²) in [5.41, 5.74) is 0.498. The molecule has 8 heteroatoms. The van der Waals surface area contributed by atoms with Gasteiger partial charge in [-0.15, -0.1) is 0 Å². The minimum Gasteiger partial charge on any atom is -0.465 e. The molecular weight excluding hydrogens is 342 g/mol. The zero-order valence-electron chi connectivity index (χ0n) is 14.0. The predicted octanol–water partition coefficient (Wildman–Crippen LogP) is 1.04. The summed E-state index contributed by atoms with van der Waals surface area (Å²) in [7, 11) is -3.16. The average molecular weight is 363 g/mol. The number of carbonyl (C=O) groups is 1. The molecule has 0 aliphatic carbocycles. The Morgan fingerprint density at radius 1 is 1.24 bits per heavy atom. The van der Waals surface area contributed by atoms with Gasteiger partial charge < -0.3 is 14.3 Å². The van der Waals surface area contributed by atoms with Gasteiger partial charge >= 0.3 is 0 Å². The van der Waals surface area contributed by atoms with Crippen molar-refractivity contribution in [3.63, 3.8) is 0 Å². The third-order valence-corrected chi connectivity index (χ3v) is 6.73. The third-order valence-electron chi connectivity index (χ3n) is 5.04. The molecule has 1 N–H and O–H groups in total. The molecule has 0 saturated carbocycles. The van der Waals surface area contributed by atoms with E-state index in [2.05, 4.69) is 9.88 Å². The highest BCUT2D eigenvalue weighted by atomic mass is 32.2. The van der Waals surface area contributed by atoms with Gasteiger partial charge in [-0.3, -0.25) is 9.69 Å². The first-order valence-corrected chi connectivity index (χ1v) is 10.2. The van der Waals surface area contributed by atoms with Crippen molar-refractivity contribution < 1.29 is 17.6 Å². The number of aromatic nitrogens is 1. The molecule has 0 unspecified atom stereocenters. The third kappa shape index (κ3) is 3.11. The lowest BCUT2D eigenvalue weighted by atomic mass is 10.0. The Kier molecular flexibility index (Phi) is 3.96. The van der Waals surface area contributed by atoms with E-state index in [-0.39, 0.29) is 29.5 Å². The largest absolute Gasteiger partial charge is 0.465 e. The van der Waals surface area contributed by atoms with E-state index in [1.807, 2.05) is 19.1 Å². The van der Waals surface area contributed by atoms with Gasteiger partial charge in [0.25, 0.3) is 5.91 Å². The van der Waals surface area contributed by atoms with Gasteiger partial charge in [-0.05, 0) is 31.2 Å². The van der Waals surface area contributed by atoms with E-state index in [0.29, 0.717) is 25.3 Å². The normalized spacial score (nSPS) is 25.9. The molecule has 0 bridgehead atoms. The fraction of sp³-hybridized carbons (Fsp3) is 0.471. The summed E-state index contributed by atoms with van der Waals surface area (Å²) < 4.78 is 30.2. The number of hydrogen-bond acceptors (Lipinski definition) is 5. The first-order valence-electron chi connectivity index (χ1n) is 8.37. The number of aryl methyl sites for hydroxylation is 1. The number of hydrogen-bond donors (Lipinski definition) is 1. The van der Waals surface area contributed by atoms with Gasteiger partial charge in [0, 0.05) is 25.3 Å². The quantitative estimate of drug-likeness (QED) is 0.880. The van der Waals surface area contributed by atoms with Gasteiger partial charge in [-0.2, -0.15) is 0 Å². The Bertz CT molecular complexity index is 872. The van der Waals surface area contributed by atoms with Crippen molar-refractivity contribution >= 4 is 15.7 Å². The summed E-state index contributed by atoms with van der Waals surface area (Å²) in [5, 5.41) is 0. The van der Waals surface area contributed by atoms with Crippen molar-refractivity contribution in [2.45, 2.75) is 25.6 Å². The van der Waals surface area contributed by atoms with Crippen LogP contribution in [0.1, 0.15) is 22.0 Å². The van der Waals surface area contributed by atoms with Crippen LogP contribution in [-0.4, -0.2) is 65.8 Å². The number of amides is 1. The molecule has 0 aromatic carbocycles. The van der Waals surface area contributed by atoms with Crippen molar-refractivity contribution in [3.05, 3.63) is 47.7 Å². The summed E-state index contributed by atoms with van der Waals surface area (Å²) in [6.45, 7) is 3.59. The molecule has 4 heterocycles. The van der Waals surface area contributed by atoms with Crippen LogP contribution in [-0.2, 0) is 16.4 Å². The van der Waals surface area contributed by atoms with Gasteiger partial charge in [-0.25, -0.2) is 8.42 Å². The van der Waals surface area contributed by atoms with Crippen molar-refractivity contribution in [2.75, 3.05) is 24.6 Å². The summed E-state index contributed by atoms with van der Waals surface area (Å²) in [6, 6.07) is 6.81. The van der Waals surface area contributed by atoms with Crippen LogP contribution in [0, 0.1) is 6.92 Å². The van der Waals surface area contributed by atoms with E-state index in [0.717, 1.165) is 11.5 Å². The summed E-state index contributed by atoms with van der Waals surface area (Å²) in [4.78, 5) is 19.5. The molecule has 2 aliphatic rings. The molecule has 7 nitrogen and oxygen atoms in total. The fourth-order valence-corrected chi connectivity index (χ4v) is 5.87. The molecule has 2 aromatic heterocycles. The van der Waals surface area contributed by atoms with Crippen LogP contribution >= 0.6 is 0 Å². The highest BCUT2D eigenvalue weighted by Gasteiger charge is 2.48. The number of rotatable bonds is 3. The van der Waals surface area contributed by atoms with E-state index in [1.54, 1.807) is 23.2 Å². The van der Waals surface area contributed by atoms with Gasteiger partial charge in [-0.1, -0.05) is 0 Å². The molecule has 4 rings (SSSR count).